The molecule has 2 rings (SSSR count). The lowest BCUT2D eigenvalue weighted by Crippen LogP contribution is -2.46. The van der Waals surface area contributed by atoms with Crippen LogP contribution < -0.4 is 10.6 Å². The van der Waals surface area contributed by atoms with Gasteiger partial charge in [0.25, 0.3) is 0 Å². The number of ether oxygens (including phenoxy) is 1. The van der Waals surface area contributed by atoms with Gasteiger partial charge >= 0.3 is 12.0 Å². The molecule has 0 saturated heterocycles. The average Bonchev–Trinajstić information content (AvgIpc) is 2.45. The number of carbonyl (C=O) groups excluding carboxylic acids is 2. The standard InChI is InChI=1S/C13H13ClN2O4/c1-20-12(18)10-9(6-14)15-13(19)16-11(10)7-3-2-4-8(17)5-7/h2-5,11,17H,6H2,1H3,(H2,15,16,19)/t11-/m0/s1. The number of halogens is 1. The molecule has 1 aromatic rings. The van der Waals surface area contributed by atoms with Crippen LogP contribution in [0, 0.1) is 0 Å². The summed E-state index contributed by atoms with van der Waals surface area (Å²) in [5.74, 6) is -0.596. The number of rotatable bonds is 3. The normalized spacial score (nSPS) is 18.3. The van der Waals surface area contributed by atoms with Gasteiger partial charge in [0.15, 0.2) is 0 Å². The SMILES string of the molecule is COC(=O)C1=C(CCl)NC(=O)N[C@H]1c1cccc(O)c1. The van der Waals surface area contributed by atoms with E-state index in [-0.39, 0.29) is 22.9 Å². The van der Waals surface area contributed by atoms with Crippen LogP contribution >= 0.6 is 11.6 Å². The Kier molecular flexibility index (Phi) is 4.14. The Labute approximate surface area is 120 Å². The molecule has 6 nitrogen and oxygen atoms in total. The largest absolute Gasteiger partial charge is 0.508 e. The Morgan fingerprint density at radius 3 is 2.85 bits per heavy atom. The van der Waals surface area contributed by atoms with Gasteiger partial charge in [-0.2, -0.15) is 0 Å². The van der Waals surface area contributed by atoms with Gasteiger partial charge < -0.3 is 20.5 Å². The third kappa shape index (κ3) is 2.70. The van der Waals surface area contributed by atoms with Crippen molar-refractivity contribution in [1.82, 2.24) is 10.6 Å². The van der Waals surface area contributed by atoms with Crippen LogP contribution in [0.3, 0.4) is 0 Å². The van der Waals surface area contributed by atoms with Crippen molar-refractivity contribution in [2.75, 3.05) is 13.0 Å². The van der Waals surface area contributed by atoms with Crippen molar-refractivity contribution in [3.8, 4) is 5.75 Å². The van der Waals surface area contributed by atoms with E-state index in [4.69, 9.17) is 16.3 Å². The van der Waals surface area contributed by atoms with E-state index in [1.807, 2.05) is 0 Å². The van der Waals surface area contributed by atoms with Crippen molar-refractivity contribution < 1.29 is 19.4 Å². The van der Waals surface area contributed by atoms with Gasteiger partial charge in [-0.15, -0.1) is 11.6 Å². The summed E-state index contributed by atoms with van der Waals surface area (Å²) >= 11 is 5.77. The van der Waals surface area contributed by atoms with E-state index in [9.17, 15) is 14.7 Å². The van der Waals surface area contributed by atoms with E-state index < -0.39 is 18.0 Å². The topological polar surface area (TPSA) is 87.7 Å². The van der Waals surface area contributed by atoms with E-state index in [0.717, 1.165) is 0 Å². The van der Waals surface area contributed by atoms with Gasteiger partial charge in [-0.25, -0.2) is 9.59 Å². The second-order valence-electron chi connectivity index (χ2n) is 4.14. The number of phenols is 1. The van der Waals surface area contributed by atoms with Gasteiger partial charge in [0.2, 0.25) is 0 Å². The van der Waals surface area contributed by atoms with Crippen molar-refractivity contribution in [2.45, 2.75) is 6.04 Å². The number of benzene rings is 1. The van der Waals surface area contributed by atoms with Gasteiger partial charge in [0.1, 0.15) is 5.75 Å². The lowest BCUT2D eigenvalue weighted by molar-refractivity contribution is -0.136. The summed E-state index contributed by atoms with van der Waals surface area (Å²) in [5.41, 5.74) is 1.06. The van der Waals surface area contributed by atoms with Crippen molar-refractivity contribution in [3.63, 3.8) is 0 Å². The monoisotopic (exact) mass is 296 g/mol. The van der Waals surface area contributed by atoms with Gasteiger partial charge in [-0.3, -0.25) is 0 Å². The van der Waals surface area contributed by atoms with Crippen LogP contribution in [0.25, 0.3) is 0 Å². The minimum Gasteiger partial charge on any atom is -0.508 e. The number of hydrogen-bond donors (Lipinski definition) is 3. The number of allylic oxidation sites excluding steroid dienone is 1. The number of methoxy groups -OCH3 is 1. The number of esters is 1. The van der Waals surface area contributed by atoms with E-state index in [1.165, 1.54) is 19.2 Å². The minimum absolute atomic E-state index is 0.0342. The predicted octanol–water partition coefficient (Wildman–Crippen LogP) is 1.41. The lowest BCUT2D eigenvalue weighted by Gasteiger charge is -2.28. The van der Waals surface area contributed by atoms with Crippen LogP contribution in [0.1, 0.15) is 11.6 Å². The average molecular weight is 297 g/mol. The number of hydrogen-bond acceptors (Lipinski definition) is 4. The summed E-state index contributed by atoms with van der Waals surface area (Å²) in [7, 11) is 1.25. The lowest BCUT2D eigenvalue weighted by atomic mass is 9.95. The smallest absolute Gasteiger partial charge is 0.338 e. The maximum atomic E-state index is 11.9. The van der Waals surface area contributed by atoms with Crippen LogP contribution in [-0.4, -0.2) is 30.1 Å². The van der Waals surface area contributed by atoms with Crippen LogP contribution in [-0.2, 0) is 9.53 Å². The highest BCUT2D eigenvalue weighted by Crippen LogP contribution is 2.29. The molecule has 20 heavy (non-hydrogen) atoms. The quantitative estimate of drug-likeness (QED) is 0.581. The molecule has 1 atom stereocenters. The van der Waals surface area contributed by atoms with Crippen molar-refractivity contribution in [2.24, 2.45) is 0 Å². The van der Waals surface area contributed by atoms with Gasteiger partial charge in [-0.1, -0.05) is 12.1 Å². The number of aromatic hydroxyl groups is 1. The second kappa shape index (κ2) is 5.83. The van der Waals surface area contributed by atoms with E-state index in [0.29, 0.717) is 5.56 Å². The molecule has 106 valence electrons. The predicted molar refractivity (Wildman–Crippen MR) is 72.3 cm³/mol. The molecule has 2 amide bonds. The minimum atomic E-state index is -0.725. The summed E-state index contributed by atoms with van der Waals surface area (Å²) in [6.07, 6.45) is 0. The van der Waals surface area contributed by atoms with Crippen molar-refractivity contribution in [1.29, 1.82) is 0 Å². The summed E-state index contributed by atoms with van der Waals surface area (Å²) in [4.78, 5) is 23.5. The van der Waals surface area contributed by atoms with Crippen LogP contribution in [0.15, 0.2) is 35.5 Å². The molecule has 7 heteroatoms. The third-order valence-electron chi connectivity index (χ3n) is 2.90. The molecule has 1 heterocycles. The number of nitrogens with one attached hydrogen (secondary N) is 2. The maximum Gasteiger partial charge on any atom is 0.338 e. The molecule has 0 aromatic heterocycles. The molecule has 0 radical (unpaired) electrons. The third-order valence-corrected chi connectivity index (χ3v) is 3.16. The molecular formula is C13H13ClN2O4. The molecule has 1 aromatic carbocycles. The molecular weight excluding hydrogens is 284 g/mol. The highest BCUT2D eigenvalue weighted by atomic mass is 35.5. The van der Waals surface area contributed by atoms with E-state index >= 15 is 0 Å². The van der Waals surface area contributed by atoms with E-state index in [1.54, 1.807) is 12.1 Å². The summed E-state index contributed by atoms with van der Waals surface area (Å²) in [5, 5.41) is 14.6. The number of alkyl halides is 1. The number of phenolic OH excluding ortho intramolecular Hbond substituents is 1. The molecule has 0 bridgehead atoms. The first-order valence-electron chi connectivity index (χ1n) is 5.80. The molecule has 0 unspecified atom stereocenters. The van der Waals surface area contributed by atoms with Crippen LogP contribution in [0.5, 0.6) is 5.75 Å². The zero-order valence-electron chi connectivity index (χ0n) is 10.6. The first-order chi connectivity index (χ1) is 9.56. The fourth-order valence-electron chi connectivity index (χ4n) is 2.03. The Morgan fingerprint density at radius 1 is 1.50 bits per heavy atom. The van der Waals surface area contributed by atoms with Gasteiger partial charge in [-0.05, 0) is 17.7 Å². The van der Waals surface area contributed by atoms with E-state index in [2.05, 4.69) is 10.6 Å². The summed E-state index contributed by atoms with van der Waals surface area (Å²) in [6, 6.07) is 5.07. The molecule has 0 fully saturated rings. The molecule has 1 aliphatic rings. The Hall–Kier alpha value is -2.21. The zero-order chi connectivity index (χ0) is 14.7. The Bertz CT molecular complexity index is 585. The van der Waals surface area contributed by atoms with Gasteiger partial charge in [0, 0.05) is 5.70 Å². The molecule has 3 N–H and O–H groups in total. The van der Waals surface area contributed by atoms with Crippen molar-refractivity contribution in [3.05, 3.63) is 41.1 Å². The Morgan fingerprint density at radius 2 is 2.25 bits per heavy atom. The molecule has 1 aliphatic heterocycles. The number of amides is 2. The van der Waals surface area contributed by atoms with Crippen LogP contribution in [0.4, 0.5) is 4.79 Å². The fourth-order valence-corrected chi connectivity index (χ4v) is 2.24. The first kappa shape index (κ1) is 14.2. The highest BCUT2D eigenvalue weighted by molar-refractivity contribution is 6.20. The fraction of sp³-hybridized carbons (Fsp3) is 0.231. The van der Waals surface area contributed by atoms with Crippen LogP contribution in [0.2, 0.25) is 0 Å². The Balaban J connectivity index is 2.53. The highest BCUT2D eigenvalue weighted by Gasteiger charge is 2.33. The second-order valence-corrected chi connectivity index (χ2v) is 4.41. The molecule has 0 spiro atoms. The molecule has 0 aliphatic carbocycles. The summed E-state index contributed by atoms with van der Waals surface area (Å²) in [6.45, 7) is 0. The number of urea groups is 1. The summed E-state index contributed by atoms with van der Waals surface area (Å²) < 4.78 is 4.73. The van der Waals surface area contributed by atoms with Gasteiger partial charge in [0.05, 0.1) is 24.6 Å². The zero-order valence-corrected chi connectivity index (χ0v) is 11.4. The molecule has 0 saturated carbocycles. The maximum absolute atomic E-state index is 11.9. The first-order valence-corrected chi connectivity index (χ1v) is 6.34. The van der Waals surface area contributed by atoms with Crippen molar-refractivity contribution >= 4 is 23.6 Å². The number of carbonyl (C=O) groups is 2.